The van der Waals surface area contributed by atoms with Crippen LogP contribution in [0.15, 0.2) is 23.8 Å². The standard InChI is InChI=1S/C15H21N3S/c1-2-11(16)15(14-8-5-9-19-14)18-10-17-12-6-3-4-7-13(12)18/h5,8-11,15H,2-4,6-7,16H2,1H3. The Hall–Kier alpha value is -1.13. The van der Waals surface area contributed by atoms with Crippen molar-refractivity contribution < 1.29 is 0 Å². The van der Waals surface area contributed by atoms with Crippen LogP contribution in [0.1, 0.15) is 48.5 Å². The molecule has 1 aliphatic rings. The minimum absolute atomic E-state index is 0.152. The van der Waals surface area contributed by atoms with Crippen molar-refractivity contribution in [3.8, 4) is 0 Å². The lowest BCUT2D eigenvalue weighted by Gasteiger charge is -2.26. The number of hydrogen-bond acceptors (Lipinski definition) is 3. The van der Waals surface area contributed by atoms with Crippen LogP contribution < -0.4 is 5.73 Å². The van der Waals surface area contributed by atoms with Crippen LogP contribution in [0, 0.1) is 0 Å². The molecule has 0 saturated carbocycles. The summed E-state index contributed by atoms with van der Waals surface area (Å²) in [6.07, 6.45) is 7.81. The molecule has 102 valence electrons. The van der Waals surface area contributed by atoms with Gasteiger partial charge in [0.1, 0.15) is 0 Å². The Balaban J connectivity index is 2.02. The lowest BCUT2D eigenvalue weighted by molar-refractivity contribution is 0.447. The fourth-order valence-corrected chi connectivity index (χ4v) is 3.87. The van der Waals surface area contributed by atoms with Crippen LogP contribution in [0.4, 0.5) is 0 Å². The SMILES string of the molecule is CCC(N)C(c1cccs1)n1cnc2c1CCCC2. The Bertz CT molecular complexity index is 530. The van der Waals surface area contributed by atoms with Gasteiger partial charge < -0.3 is 10.3 Å². The molecule has 0 amide bonds. The summed E-state index contributed by atoms with van der Waals surface area (Å²) in [5.41, 5.74) is 9.09. The second-order valence-electron chi connectivity index (χ2n) is 5.28. The van der Waals surface area contributed by atoms with Gasteiger partial charge in [0.25, 0.3) is 0 Å². The number of thiophene rings is 1. The molecule has 0 aliphatic heterocycles. The first kappa shape index (κ1) is 12.9. The zero-order chi connectivity index (χ0) is 13.2. The number of rotatable bonds is 4. The summed E-state index contributed by atoms with van der Waals surface area (Å²) in [7, 11) is 0. The maximum absolute atomic E-state index is 6.39. The number of aryl methyl sites for hydroxylation is 1. The highest BCUT2D eigenvalue weighted by Crippen LogP contribution is 2.31. The van der Waals surface area contributed by atoms with Crippen LogP contribution in [0.3, 0.4) is 0 Å². The second-order valence-corrected chi connectivity index (χ2v) is 6.26. The molecule has 2 heterocycles. The Morgan fingerprint density at radius 2 is 2.26 bits per heavy atom. The molecule has 0 fully saturated rings. The zero-order valence-electron chi connectivity index (χ0n) is 11.4. The molecule has 0 bridgehead atoms. The monoisotopic (exact) mass is 275 g/mol. The molecule has 2 aromatic rings. The van der Waals surface area contributed by atoms with Crippen molar-refractivity contribution in [3.05, 3.63) is 40.1 Å². The van der Waals surface area contributed by atoms with Crippen LogP contribution in [0.2, 0.25) is 0 Å². The molecule has 2 N–H and O–H groups in total. The predicted molar refractivity (Wildman–Crippen MR) is 79.6 cm³/mol. The summed E-state index contributed by atoms with van der Waals surface area (Å²) in [6, 6.07) is 4.71. The van der Waals surface area contributed by atoms with Gasteiger partial charge in [-0.05, 0) is 43.6 Å². The molecule has 3 rings (SSSR count). The summed E-state index contributed by atoms with van der Waals surface area (Å²) in [4.78, 5) is 5.96. The summed E-state index contributed by atoms with van der Waals surface area (Å²) in [6.45, 7) is 2.16. The van der Waals surface area contributed by atoms with Gasteiger partial charge in [0.05, 0.1) is 18.1 Å². The van der Waals surface area contributed by atoms with E-state index in [-0.39, 0.29) is 12.1 Å². The summed E-state index contributed by atoms with van der Waals surface area (Å²) in [5.74, 6) is 0. The summed E-state index contributed by atoms with van der Waals surface area (Å²) >= 11 is 1.80. The van der Waals surface area contributed by atoms with Crippen LogP contribution >= 0.6 is 11.3 Å². The number of hydrogen-bond donors (Lipinski definition) is 1. The zero-order valence-corrected chi connectivity index (χ0v) is 12.2. The Labute approximate surface area is 118 Å². The fraction of sp³-hybridized carbons (Fsp3) is 0.533. The fourth-order valence-electron chi connectivity index (χ4n) is 2.97. The van der Waals surface area contributed by atoms with Crippen LogP contribution in [0.5, 0.6) is 0 Å². The highest BCUT2D eigenvalue weighted by atomic mass is 32.1. The average molecular weight is 275 g/mol. The molecular formula is C15H21N3S. The van der Waals surface area contributed by atoms with E-state index in [1.54, 1.807) is 11.3 Å². The molecule has 3 nitrogen and oxygen atoms in total. The maximum atomic E-state index is 6.39. The van der Waals surface area contributed by atoms with Crippen molar-refractivity contribution in [3.63, 3.8) is 0 Å². The van der Waals surface area contributed by atoms with Gasteiger partial charge >= 0.3 is 0 Å². The Kier molecular flexibility index (Phi) is 3.71. The quantitative estimate of drug-likeness (QED) is 0.931. The van der Waals surface area contributed by atoms with Gasteiger partial charge in [0.2, 0.25) is 0 Å². The average Bonchev–Trinajstić information content (AvgIpc) is 3.09. The number of imidazole rings is 1. The van der Waals surface area contributed by atoms with E-state index < -0.39 is 0 Å². The van der Waals surface area contributed by atoms with Crippen molar-refractivity contribution >= 4 is 11.3 Å². The van der Waals surface area contributed by atoms with Crippen LogP contribution in [-0.4, -0.2) is 15.6 Å². The van der Waals surface area contributed by atoms with E-state index in [4.69, 9.17) is 5.73 Å². The first-order chi connectivity index (χ1) is 9.31. The van der Waals surface area contributed by atoms with E-state index in [9.17, 15) is 0 Å². The van der Waals surface area contributed by atoms with Gasteiger partial charge in [-0.15, -0.1) is 11.3 Å². The largest absolute Gasteiger partial charge is 0.326 e. The molecule has 2 unspecified atom stereocenters. The van der Waals surface area contributed by atoms with Gasteiger partial charge in [-0.1, -0.05) is 13.0 Å². The van der Waals surface area contributed by atoms with Crippen molar-refractivity contribution in [2.45, 2.75) is 51.1 Å². The number of fused-ring (bicyclic) bond motifs is 1. The molecule has 0 spiro atoms. The number of aromatic nitrogens is 2. The van der Waals surface area contributed by atoms with E-state index in [1.165, 1.54) is 29.1 Å². The van der Waals surface area contributed by atoms with E-state index in [0.717, 1.165) is 19.3 Å². The smallest absolute Gasteiger partial charge is 0.0958 e. The molecule has 2 aromatic heterocycles. The van der Waals surface area contributed by atoms with Crippen molar-refractivity contribution in [2.75, 3.05) is 0 Å². The normalized spacial score (nSPS) is 18.0. The summed E-state index contributed by atoms with van der Waals surface area (Å²) in [5, 5.41) is 2.13. The second kappa shape index (κ2) is 5.47. The molecule has 2 atom stereocenters. The molecule has 1 aliphatic carbocycles. The predicted octanol–water partition coefficient (Wildman–Crippen LogP) is 3.15. The molecule has 19 heavy (non-hydrogen) atoms. The number of nitrogens with two attached hydrogens (primary N) is 1. The molecular weight excluding hydrogens is 254 g/mol. The minimum Gasteiger partial charge on any atom is -0.326 e. The Morgan fingerprint density at radius 3 is 3.00 bits per heavy atom. The molecule has 0 radical (unpaired) electrons. The lowest BCUT2D eigenvalue weighted by atomic mass is 9.99. The van der Waals surface area contributed by atoms with Crippen LogP contribution in [-0.2, 0) is 12.8 Å². The Morgan fingerprint density at radius 1 is 1.42 bits per heavy atom. The van der Waals surface area contributed by atoms with Crippen molar-refractivity contribution in [1.82, 2.24) is 9.55 Å². The third kappa shape index (κ3) is 2.35. The van der Waals surface area contributed by atoms with Crippen molar-refractivity contribution in [2.24, 2.45) is 5.73 Å². The third-order valence-corrected chi connectivity index (χ3v) is 5.01. The third-order valence-electron chi connectivity index (χ3n) is 4.07. The van der Waals surface area contributed by atoms with E-state index in [2.05, 4.69) is 34.0 Å². The highest BCUT2D eigenvalue weighted by molar-refractivity contribution is 7.10. The van der Waals surface area contributed by atoms with Gasteiger partial charge in [-0.25, -0.2) is 4.98 Å². The summed E-state index contributed by atoms with van der Waals surface area (Å²) < 4.78 is 2.34. The topological polar surface area (TPSA) is 43.8 Å². The van der Waals surface area contributed by atoms with Gasteiger partial charge in [-0.3, -0.25) is 0 Å². The van der Waals surface area contributed by atoms with E-state index in [1.807, 2.05) is 6.33 Å². The van der Waals surface area contributed by atoms with Gasteiger partial charge in [-0.2, -0.15) is 0 Å². The van der Waals surface area contributed by atoms with Gasteiger partial charge in [0, 0.05) is 16.6 Å². The molecule has 0 saturated heterocycles. The minimum atomic E-state index is 0.152. The first-order valence-electron chi connectivity index (χ1n) is 7.14. The van der Waals surface area contributed by atoms with Crippen molar-refractivity contribution in [1.29, 1.82) is 0 Å². The molecule has 0 aromatic carbocycles. The first-order valence-corrected chi connectivity index (χ1v) is 8.02. The number of nitrogens with zero attached hydrogens (tertiary/aromatic N) is 2. The lowest BCUT2D eigenvalue weighted by Crippen LogP contribution is -2.32. The molecule has 4 heteroatoms. The maximum Gasteiger partial charge on any atom is 0.0958 e. The van der Waals surface area contributed by atoms with E-state index in [0.29, 0.717) is 0 Å². The van der Waals surface area contributed by atoms with Gasteiger partial charge in [0.15, 0.2) is 0 Å². The van der Waals surface area contributed by atoms with E-state index >= 15 is 0 Å². The highest BCUT2D eigenvalue weighted by Gasteiger charge is 2.26. The van der Waals surface area contributed by atoms with Crippen LogP contribution in [0.25, 0.3) is 0 Å².